The molecule has 2 rings (SSSR count). The first-order valence-electron chi connectivity index (χ1n) is 8.34. The average molecular weight is 399 g/mol. The highest BCUT2D eigenvalue weighted by atomic mass is 19.4. The van der Waals surface area contributed by atoms with Crippen molar-refractivity contribution in [2.75, 3.05) is 11.9 Å². The van der Waals surface area contributed by atoms with Gasteiger partial charge < -0.3 is 15.2 Å². The number of hydrogen-bond acceptors (Lipinski definition) is 4. The summed E-state index contributed by atoms with van der Waals surface area (Å²) in [6, 6.07) is 6.16. The molecule has 1 aromatic carbocycles. The summed E-state index contributed by atoms with van der Waals surface area (Å²) in [5, 5.41) is 15.2. The molecule has 10 heteroatoms. The van der Waals surface area contributed by atoms with Crippen LogP contribution in [0.25, 0.3) is 0 Å². The number of nitrogens with zero attached hydrogens (tertiary/aromatic N) is 2. The lowest BCUT2D eigenvalue weighted by molar-refractivity contribution is -0.143. The molecule has 0 fully saturated rings. The third kappa shape index (κ3) is 5.48. The Balaban J connectivity index is 2.15. The number of amides is 1. The van der Waals surface area contributed by atoms with Crippen molar-refractivity contribution in [1.29, 1.82) is 0 Å². The molecule has 0 bridgehead atoms. The van der Waals surface area contributed by atoms with E-state index in [4.69, 9.17) is 9.84 Å². The van der Waals surface area contributed by atoms with Crippen LogP contribution in [-0.2, 0) is 16.1 Å². The number of aromatic nitrogens is 2. The number of rotatable bonds is 7. The second-order valence-corrected chi connectivity index (χ2v) is 6.28. The van der Waals surface area contributed by atoms with Crippen molar-refractivity contribution in [3.63, 3.8) is 0 Å². The summed E-state index contributed by atoms with van der Waals surface area (Å²) in [5.74, 6) is -2.05. The van der Waals surface area contributed by atoms with Crippen LogP contribution in [0.2, 0.25) is 0 Å². The van der Waals surface area contributed by atoms with Crippen molar-refractivity contribution in [1.82, 2.24) is 9.78 Å². The maximum atomic E-state index is 12.7. The predicted molar refractivity (Wildman–Crippen MR) is 94.4 cm³/mol. The van der Waals surface area contributed by atoms with Gasteiger partial charge in [0.1, 0.15) is 12.3 Å². The summed E-state index contributed by atoms with van der Waals surface area (Å²) in [4.78, 5) is 23.1. The van der Waals surface area contributed by atoms with Crippen LogP contribution in [0.15, 0.2) is 24.3 Å². The number of hydrogen-bond donors (Lipinski definition) is 2. The second kappa shape index (κ2) is 8.32. The molecular formula is C18H20F3N3O4. The topological polar surface area (TPSA) is 93.5 Å². The quantitative estimate of drug-likeness (QED) is 0.745. The minimum absolute atomic E-state index is 0.262. The summed E-state index contributed by atoms with van der Waals surface area (Å²) in [7, 11) is 0. The number of carbonyl (C=O) groups is 2. The minimum atomic E-state index is -4.41. The van der Waals surface area contributed by atoms with Gasteiger partial charge in [0.2, 0.25) is 5.91 Å². The smallest absolute Gasteiger partial charge is 0.408 e. The fourth-order valence-electron chi connectivity index (χ4n) is 2.85. The highest BCUT2D eigenvalue weighted by Gasteiger charge is 2.31. The predicted octanol–water partition coefficient (Wildman–Crippen LogP) is 3.27. The first-order valence-corrected chi connectivity index (χ1v) is 8.34. The zero-order chi connectivity index (χ0) is 21.1. The van der Waals surface area contributed by atoms with E-state index in [2.05, 4.69) is 10.4 Å². The molecule has 28 heavy (non-hydrogen) atoms. The third-order valence-corrected chi connectivity index (χ3v) is 4.06. The minimum Gasteiger partial charge on any atom is -0.482 e. The Labute approximate surface area is 159 Å². The Hall–Kier alpha value is -3.04. The van der Waals surface area contributed by atoms with Crippen LogP contribution >= 0.6 is 0 Å². The lowest BCUT2D eigenvalue weighted by Gasteiger charge is -2.14. The van der Waals surface area contributed by atoms with E-state index in [1.165, 1.54) is 19.1 Å². The van der Waals surface area contributed by atoms with E-state index in [1.807, 2.05) is 0 Å². The number of ether oxygens (including phenoxy) is 1. The van der Waals surface area contributed by atoms with Crippen LogP contribution in [0.1, 0.15) is 29.8 Å². The number of aryl methyl sites for hydroxylation is 1. The Morgan fingerprint density at radius 3 is 2.61 bits per heavy atom. The lowest BCUT2D eigenvalue weighted by atomic mass is 9.98. The number of nitrogens with one attached hydrogen (secondary N) is 1. The molecule has 0 saturated carbocycles. The lowest BCUT2D eigenvalue weighted by Crippen LogP contribution is -2.21. The van der Waals surface area contributed by atoms with Gasteiger partial charge in [0.05, 0.1) is 11.6 Å². The largest absolute Gasteiger partial charge is 0.482 e. The van der Waals surface area contributed by atoms with Gasteiger partial charge in [-0.3, -0.25) is 9.48 Å². The van der Waals surface area contributed by atoms with E-state index >= 15 is 0 Å². The summed E-state index contributed by atoms with van der Waals surface area (Å²) in [5.41, 5.74) is 1.43. The van der Waals surface area contributed by atoms with Gasteiger partial charge >= 0.3 is 12.1 Å². The molecule has 1 aromatic heterocycles. The second-order valence-electron chi connectivity index (χ2n) is 6.28. The van der Waals surface area contributed by atoms with E-state index < -0.39 is 37.1 Å². The van der Waals surface area contributed by atoms with E-state index in [0.717, 1.165) is 4.68 Å². The third-order valence-electron chi connectivity index (χ3n) is 4.06. The van der Waals surface area contributed by atoms with Crippen LogP contribution < -0.4 is 10.1 Å². The van der Waals surface area contributed by atoms with Crippen LogP contribution in [0, 0.1) is 13.8 Å². The molecule has 7 nitrogen and oxygen atoms in total. The number of alkyl halides is 3. The van der Waals surface area contributed by atoms with Gasteiger partial charge in [-0.25, -0.2) is 4.79 Å². The van der Waals surface area contributed by atoms with Crippen molar-refractivity contribution in [2.24, 2.45) is 0 Å². The molecule has 2 aromatic rings. The first-order chi connectivity index (χ1) is 13.0. The van der Waals surface area contributed by atoms with E-state index in [-0.39, 0.29) is 11.4 Å². The fourth-order valence-corrected chi connectivity index (χ4v) is 2.85. The Kier molecular flexibility index (Phi) is 6.32. The van der Waals surface area contributed by atoms with Crippen molar-refractivity contribution in [3.05, 3.63) is 41.2 Å². The van der Waals surface area contributed by atoms with Crippen molar-refractivity contribution in [2.45, 2.75) is 39.4 Å². The van der Waals surface area contributed by atoms with Crippen LogP contribution in [0.5, 0.6) is 5.75 Å². The number of aliphatic carboxylic acids is 1. The molecule has 0 aliphatic carbocycles. The monoisotopic (exact) mass is 399 g/mol. The Morgan fingerprint density at radius 2 is 2.00 bits per heavy atom. The number of halogens is 3. The molecule has 1 amide bonds. The highest BCUT2D eigenvalue weighted by molar-refractivity contribution is 5.96. The van der Waals surface area contributed by atoms with Crippen molar-refractivity contribution < 1.29 is 32.6 Å². The highest BCUT2D eigenvalue weighted by Crippen LogP contribution is 2.27. The molecule has 1 unspecified atom stereocenters. The van der Waals surface area contributed by atoms with Gasteiger partial charge in [0.15, 0.2) is 6.61 Å². The standard InChI is InChI=1S/C18H20F3N3O4/c1-10(16-11(2)23-24(12(16)3)9-18(19,20)21)17(27)22-13-5-4-6-14(7-13)28-8-15(25)26/h4-7,10H,8-9H2,1-3H3,(H,22,27)(H,25,26). The maximum absolute atomic E-state index is 12.7. The molecule has 0 saturated heterocycles. The van der Waals surface area contributed by atoms with Gasteiger partial charge in [-0.15, -0.1) is 0 Å². The summed E-state index contributed by atoms with van der Waals surface area (Å²) in [6.07, 6.45) is -4.41. The maximum Gasteiger partial charge on any atom is 0.408 e. The fraction of sp³-hybridized carbons (Fsp3) is 0.389. The van der Waals surface area contributed by atoms with Gasteiger partial charge in [-0.1, -0.05) is 6.07 Å². The molecule has 0 aliphatic heterocycles. The Bertz CT molecular complexity index is 877. The molecular weight excluding hydrogens is 379 g/mol. The van der Waals surface area contributed by atoms with Gasteiger partial charge in [0.25, 0.3) is 0 Å². The molecule has 152 valence electrons. The SMILES string of the molecule is Cc1nn(CC(F)(F)F)c(C)c1C(C)C(=O)Nc1cccc(OCC(=O)O)c1. The molecule has 1 atom stereocenters. The number of carboxylic acids is 1. The summed E-state index contributed by atoms with van der Waals surface area (Å²) >= 11 is 0. The Morgan fingerprint density at radius 1 is 1.32 bits per heavy atom. The zero-order valence-corrected chi connectivity index (χ0v) is 15.5. The molecule has 0 radical (unpaired) electrons. The summed E-state index contributed by atoms with van der Waals surface area (Å²) in [6.45, 7) is 2.88. The molecule has 0 spiro atoms. The average Bonchev–Trinajstić information content (AvgIpc) is 2.84. The van der Waals surface area contributed by atoms with Crippen LogP contribution in [-0.4, -0.2) is 39.5 Å². The zero-order valence-electron chi connectivity index (χ0n) is 15.5. The number of carbonyl (C=O) groups excluding carboxylic acids is 1. The number of benzene rings is 1. The molecule has 1 heterocycles. The van der Waals surface area contributed by atoms with Gasteiger partial charge in [-0.2, -0.15) is 18.3 Å². The van der Waals surface area contributed by atoms with Crippen molar-refractivity contribution >= 4 is 17.6 Å². The first kappa shape index (κ1) is 21.3. The molecule has 0 aliphatic rings. The number of carboxylic acid groups (broad SMARTS) is 1. The van der Waals surface area contributed by atoms with E-state index in [0.29, 0.717) is 16.9 Å². The van der Waals surface area contributed by atoms with Crippen molar-refractivity contribution in [3.8, 4) is 5.75 Å². The van der Waals surface area contributed by atoms with Gasteiger partial charge in [-0.05, 0) is 32.9 Å². The van der Waals surface area contributed by atoms with Crippen LogP contribution in [0.3, 0.4) is 0 Å². The van der Waals surface area contributed by atoms with Gasteiger partial charge in [0, 0.05) is 23.0 Å². The number of anilines is 1. The van der Waals surface area contributed by atoms with Crippen LogP contribution in [0.4, 0.5) is 18.9 Å². The van der Waals surface area contributed by atoms with E-state index in [1.54, 1.807) is 26.0 Å². The normalized spacial score (nSPS) is 12.5. The molecule has 2 N–H and O–H groups in total. The summed E-state index contributed by atoms with van der Waals surface area (Å²) < 4.78 is 43.9. The van der Waals surface area contributed by atoms with E-state index in [9.17, 15) is 22.8 Å².